The molecular weight excluding hydrogens is 302 g/mol. The third kappa shape index (κ3) is 4.26. The molecule has 5 heteroatoms. The first-order valence-corrected chi connectivity index (χ1v) is 8.21. The lowest BCUT2D eigenvalue weighted by atomic mass is 10.2. The zero-order valence-corrected chi connectivity index (χ0v) is 13.9. The van der Waals surface area contributed by atoms with Gasteiger partial charge in [0.2, 0.25) is 0 Å². The summed E-state index contributed by atoms with van der Waals surface area (Å²) in [5.74, 6) is 0.657. The van der Waals surface area contributed by atoms with Crippen LogP contribution in [-0.2, 0) is 6.54 Å². The molecule has 0 aliphatic carbocycles. The summed E-state index contributed by atoms with van der Waals surface area (Å²) in [5, 5.41) is 5.91. The van der Waals surface area contributed by atoms with Crippen LogP contribution in [0.4, 0.5) is 10.5 Å². The van der Waals surface area contributed by atoms with Crippen LogP contribution in [0.3, 0.4) is 0 Å². The van der Waals surface area contributed by atoms with Crippen LogP contribution in [0.5, 0.6) is 5.75 Å². The molecule has 5 nitrogen and oxygen atoms in total. The summed E-state index contributed by atoms with van der Waals surface area (Å²) in [5.41, 5.74) is 1.98. The Morgan fingerprint density at radius 3 is 2.71 bits per heavy atom. The minimum Gasteiger partial charge on any atom is -0.495 e. The smallest absolute Gasteiger partial charge is 0.319 e. The van der Waals surface area contributed by atoms with Crippen LogP contribution >= 0.6 is 0 Å². The minimum atomic E-state index is -0.189. The van der Waals surface area contributed by atoms with Gasteiger partial charge in [-0.2, -0.15) is 0 Å². The van der Waals surface area contributed by atoms with Crippen molar-refractivity contribution < 1.29 is 9.53 Å². The Bertz CT molecular complexity index is 675. The number of carbonyl (C=O) groups is 1. The maximum Gasteiger partial charge on any atom is 0.319 e. The van der Waals surface area contributed by atoms with Crippen LogP contribution in [0.1, 0.15) is 12.0 Å². The third-order valence-corrected chi connectivity index (χ3v) is 4.21. The number of carbonyl (C=O) groups excluding carboxylic acids is 1. The fourth-order valence-corrected chi connectivity index (χ4v) is 3.03. The molecule has 0 radical (unpaired) electrons. The van der Waals surface area contributed by atoms with Gasteiger partial charge in [0.05, 0.1) is 12.8 Å². The highest BCUT2D eigenvalue weighted by molar-refractivity contribution is 5.91. The molecular formula is C19H23N3O2. The van der Waals surface area contributed by atoms with Gasteiger partial charge in [-0.3, -0.25) is 4.90 Å². The summed E-state index contributed by atoms with van der Waals surface area (Å²) in [6.07, 6.45) is 0.964. The number of likely N-dealkylation sites (tertiary alicyclic amines) is 1. The van der Waals surface area contributed by atoms with Crippen molar-refractivity contribution in [2.24, 2.45) is 0 Å². The van der Waals surface area contributed by atoms with Crippen LogP contribution in [-0.4, -0.2) is 37.2 Å². The van der Waals surface area contributed by atoms with Gasteiger partial charge in [-0.15, -0.1) is 0 Å². The molecule has 1 fully saturated rings. The summed E-state index contributed by atoms with van der Waals surface area (Å²) in [6.45, 7) is 2.79. The SMILES string of the molecule is COc1ccccc1NC(=O)N[C@@H]1CCN(Cc2ccccc2)C1. The molecule has 1 saturated heterocycles. The number of ether oxygens (including phenoxy) is 1. The van der Waals surface area contributed by atoms with Crippen molar-refractivity contribution in [3.05, 3.63) is 60.2 Å². The van der Waals surface area contributed by atoms with E-state index in [-0.39, 0.29) is 12.1 Å². The van der Waals surface area contributed by atoms with E-state index in [1.165, 1.54) is 5.56 Å². The van der Waals surface area contributed by atoms with Gasteiger partial charge in [-0.05, 0) is 24.1 Å². The van der Waals surface area contributed by atoms with E-state index in [1.54, 1.807) is 7.11 Å². The lowest BCUT2D eigenvalue weighted by Gasteiger charge is -2.17. The highest BCUT2D eigenvalue weighted by Crippen LogP contribution is 2.23. The number of benzene rings is 2. The number of nitrogens with one attached hydrogen (secondary N) is 2. The number of rotatable bonds is 5. The second-order valence-electron chi connectivity index (χ2n) is 6.01. The second kappa shape index (κ2) is 7.84. The normalized spacial score (nSPS) is 17.5. The highest BCUT2D eigenvalue weighted by Gasteiger charge is 2.24. The van der Waals surface area contributed by atoms with E-state index >= 15 is 0 Å². The van der Waals surface area contributed by atoms with Gasteiger partial charge in [0.25, 0.3) is 0 Å². The molecule has 1 aliphatic heterocycles. The van der Waals surface area contributed by atoms with Gasteiger partial charge >= 0.3 is 6.03 Å². The molecule has 2 N–H and O–H groups in total. The van der Waals surface area contributed by atoms with Crippen LogP contribution in [0.25, 0.3) is 0 Å². The van der Waals surface area contributed by atoms with Crippen molar-refractivity contribution in [3.8, 4) is 5.75 Å². The Labute approximate surface area is 142 Å². The van der Waals surface area contributed by atoms with Crippen molar-refractivity contribution >= 4 is 11.7 Å². The minimum absolute atomic E-state index is 0.170. The van der Waals surface area contributed by atoms with E-state index in [2.05, 4.69) is 39.8 Å². The largest absolute Gasteiger partial charge is 0.495 e. The molecule has 1 heterocycles. The Hall–Kier alpha value is -2.53. The van der Waals surface area contributed by atoms with Crippen molar-refractivity contribution in [3.63, 3.8) is 0 Å². The molecule has 2 aromatic rings. The monoisotopic (exact) mass is 325 g/mol. The van der Waals surface area contributed by atoms with E-state index in [0.717, 1.165) is 26.1 Å². The number of hydrogen-bond acceptors (Lipinski definition) is 3. The molecule has 2 aromatic carbocycles. The van der Waals surface area contributed by atoms with E-state index in [1.807, 2.05) is 30.3 Å². The maximum atomic E-state index is 12.2. The van der Waals surface area contributed by atoms with Gasteiger partial charge in [-0.1, -0.05) is 42.5 Å². The predicted octanol–water partition coefficient (Wildman–Crippen LogP) is 3.09. The Balaban J connectivity index is 1.49. The zero-order valence-electron chi connectivity index (χ0n) is 13.9. The van der Waals surface area contributed by atoms with Gasteiger partial charge in [-0.25, -0.2) is 4.79 Å². The molecule has 1 atom stereocenters. The molecule has 0 bridgehead atoms. The van der Waals surface area contributed by atoms with E-state index < -0.39 is 0 Å². The Morgan fingerprint density at radius 2 is 1.92 bits per heavy atom. The molecule has 0 unspecified atom stereocenters. The van der Waals surface area contributed by atoms with Gasteiger partial charge < -0.3 is 15.4 Å². The summed E-state index contributed by atoms with van der Waals surface area (Å²) in [7, 11) is 1.59. The molecule has 3 rings (SSSR count). The summed E-state index contributed by atoms with van der Waals surface area (Å²) < 4.78 is 5.25. The van der Waals surface area contributed by atoms with Crippen molar-refractivity contribution in [1.82, 2.24) is 10.2 Å². The number of amides is 2. The van der Waals surface area contributed by atoms with Gasteiger partial charge in [0.15, 0.2) is 0 Å². The van der Waals surface area contributed by atoms with Crippen molar-refractivity contribution in [2.75, 3.05) is 25.5 Å². The van der Waals surface area contributed by atoms with E-state index in [9.17, 15) is 4.79 Å². The molecule has 126 valence electrons. The average Bonchev–Trinajstić information content (AvgIpc) is 3.03. The quantitative estimate of drug-likeness (QED) is 0.888. The number of hydrogen-bond donors (Lipinski definition) is 2. The van der Waals surface area contributed by atoms with Crippen LogP contribution in [0.2, 0.25) is 0 Å². The molecule has 2 amide bonds. The van der Waals surface area contributed by atoms with Gasteiger partial charge in [0, 0.05) is 25.7 Å². The first kappa shape index (κ1) is 16.3. The maximum absolute atomic E-state index is 12.2. The number of para-hydroxylation sites is 2. The third-order valence-electron chi connectivity index (χ3n) is 4.21. The predicted molar refractivity (Wildman–Crippen MR) is 95.3 cm³/mol. The fourth-order valence-electron chi connectivity index (χ4n) is 3.03. The molecule has 1 aliphatic rings. The van der Waals surface area contributed by atoms with Crippen molar-refractivity contribution in [1.29, 1.82) is 0 Å². The zero-order chi connectivity index (χ0) is 16.8. The van der Waals surface area contributed by atoms with Gasteiger partial charge in [0.1, 0.15) is 5.75 Å². The topological polar surface area (TPSA) is 53.6 Å². The second-order valence-corrected chi connectivity index (χ2v) is 6.01. The first-order chi connectivity index (χ1) is 11.7. The Kier molecular flexibility index (Phi) is 5.33. The highest BCUT2D eigenvalue weighted by atomic mass is 16.5. The Morgan fingerprint density at radius 1 is 1.17 bits per heavy atom. The molecule has 0 spiro atoms. The number of anilines is 1. The van der Waals surface area contributed by atoms with Crippen LogP contribution in [0.15, 0.2) is 54.6 Å². The van der Waals surface area contributed by atoms with Crippen LogP contribution < -0.4 is 15.4 Å². The number of methoxy groups -OCH3 is 1. The van der Waals surface area contributed by atoms with Crippen LogP contribution in [0, 0.1) is 0 Å². The summed E-state index contributed by atoms with van der Waals surface area (Å²) >= 11 is 0. The first-order valence-electron chi connectivity index (χ1n) is 8.21. The lowest BCUT2D eigenvalue weighted by molar-refractivity contribution is 0.247. The fraction of sp³-hybridized carbons (Fsp3) is 0.316. The van der Waals surface area contributed by atoms with E-state index in [4.69, 9.17) is 4.74 Å². The summed E-state index contributed by atoms with van der Waals surface area (Å²) in [6, 6.07) is 17.8. The molecule has 24 heavy (non-hydrogen) atoms. The lowest BCUT2D eigenvalue weighted by Crippen LogP contribution is -2.39. The molecule has 0 aromatic heterocycles. The van der Waals surface area contributed by atoms with E-state index in [0.29, 0.717) is 11.4 Å². The molecule has 0 saturated carbocycles. The standard InChI is InChI=1S/C19H23N3O2/c1-24-18-10-6-5-9-17(18)21-19(23)20-16-11-12-22(14-16)13-15-7-3-2-4-8-15/h2-10,16H,11-14H2,1H3,(H2,20,21,23)/t16-/m1/s1. The van der Waals surface area contributed by atoms with Crippen molar-refractivity contribution in [2.45, 2.75) is 19.0 Å². The number of nitrogens with zero attached hydrogens (tertiary/aromatic N) is 1. The average molecular weight is 325 g/mol. The number of urea groups is 1. The summed E-state index contributed by atoms with van der Waals surface area (Å²) in [4.78, 5) is 14.6.